The average molecular weight is 495 g/mol. The fourth-order valence-electron chi connectivity index (χ4n) is 3.65. The van der Waals surface area contributed by atoms with Gasteiger partial charge in [0.2, 0.25) is 15.9 Å². The summed E-state index contributed by atoms with van der Waals surface area (Å²) in [5, 5.41) is 0.360. The number of hydrogen-bond donors (Lipinski definition) is 0. The average Bonchev–Trinajstić information content (AvgIpc) is 2.84. The van der Waals surface area contributed by atoms with E-state index in [4.69, 9.17) is 11.6 Å². The summed E-state index contributed by atoms with van der Waals surface area (Å²) in [4.78, 5) is 14.3. The molecule has 0 atom stereocenters. The molecule has 4 rings (SSSR count). The second-order valence-corrected chi connectivity index (χ2v) is 9.82. The first kappa shape index (κ1) is 23.3. The number of fused-ring (bicyclic) bond motifs is 1. The summed E-state index contributed by atoms with van der Waals surface area (Å²) < 4.78 is 67.3. The molecular formula is C23H18ClF3N2O3S. The van der Waals surface area contributed by atoms with Crippen molar-refractivity contribution in [2.45, 2.75) is 24.2 Å². The molecule has 1 heterocycles. The van der Waals surface area contributed by atoms with Crippen LogP contribution in [0.4, 0.5) is 18.9 Å². The van der Waals surface area contributed by atoms with E-state index in [9.17, 15) is 26.4 Å². The van der Waals surface area contributed by atoms with Crippen LogP contribution in [0.15, 0.2) is 77.7 Å². The summed E-state index contributed by atoms with van der Waals surface area (Å²) in [5.74, 6) is -0.562. The van der Waals surface area contributed by atoms with E-state index in [0.29, 0.717) is 10.6 Å². The summed E-state index contributed by atoms with van der Waals surface area (Å²) in [5.41, 5.74) is 0.0226. The van der Waals surface area contributed by atoms with Gasteiger partial charge in [0.1, 0.15) is 4.90 Å². The number of para-hydroxylation sites is 1. The SMILES string of the molecule is O=C1CN(Cc2ccccc2Cl)S(=O)(=O)c2ccccc2N1Cc1cccc(C(F)(F)F)c1. The fourth-order valence-corrected chi connectivity index (χ4v) is 5.41. The summed E-state index contributed by atoms with van der Waals surface area (Å²) >= 11 is 6.19. The second-order valence-electron chi connectivity index (χ2n) is 7.51. The van der Waals surface area contributed by atoms with E-state index in [1.54, 1.807) is 30.3 Å². The first-order valence-corrected chi connectivity index (χ1v) is 11.7. The number of benzene rings is 3. The number of rotatable bonds is 4. The maximum atomic E-state index is 13.4. The van der Waals surface area contributed by atoms with Crippen LogP contribution in [0, 0.1) is 0 Å². The van der Waals surface area contributed by atoms with E-state index in [-0.39, 0.29) is 29.2 Å². The fraction of sp³-hybridized carbons (Fsp3) is 0.174. The minimum absolute atomic E-state index is 0.102. The number of sulfonamides is 1. The van der Waals surface area contributed by atoms with Crippen molar-refractivity contribution in [3.05, 3.63) is 94.5 Å². The molecule has 10 heteroatoms. The lowest BCUT2D eigenvalue weighted by Gasteiger charge is -2.23. The predicted octanol–water partition coefficient (Wildman–Crippen LogP) is 5.10. The zero-order valence-corrected chi connectivity index (χ0v) is 18.7. The molecule has 172 valence electrons. The lowest BCUT2D eigenvalue weighted by Crippen LogP contribution is -2.38. The maximum absolute atomic E-state index is 13.4. The molecule has 1 aliphatic rings. The molecule has 1 amide bonds. The van der Waals surface area contributed by atoms with E-state index >= 15 is 0 Å². The Labute approximate surface area is 194 Å². The molecule has 0 saturated heterocycles. The number of anilines is 1. The monoisotopic (exact) mass is 494 g/mol. The zero-order chi connectivity index (χ0) is 23.8. The Morgan fingerprint density at radius 1 is 0.909 bits per heavy atom. The molecular weight excluding hydrogens is 477 g/mol. The zero-order valence-electron chi connectivity index (χ0n) is 17.1. The topological polar surface area (TPSA) is 57.7 Å². The maximum Gasteiger partial charge on any atom is 0.416 e. The molecule has 0 bridgehead atoms. The van der Waals surface area contributed by atoms with Gasteiger partial charge in [-0.25, -0.2) is 8.42 Å². The summed E-state index contributed by atoms with van der Waals surface area (Å²) in [7, 11) is -4.09. The standard InChI is InChI=1S/C23H18ClF3N2O3S/c24-19-9-2-1-7-17(19)14-28-15-22(30)29(20-10-3-4-11-21(20)33(28,31)32)13-16-6-5-8-18(12-16)23(25,26)27/h1-12H,13-15H2. The third-order valence-electron chi connectivity index (χ3n) is 5.29. The Bertz CT molecular complexity index is 1310. The molecule has 3 aromatic carbocycles. The van der Waals surface area contributed by atoms with Gasteiger partial charge >= 0.3 is 6.18 Å². The Hall–Kier alpha value is -2.88. The normalized spacial score (nSPS) is 16.4. The largest absolute Gasteiger partial charge is 0.416 e. The van der Waals surface area contributed by atoms with Crippen molar-refractivity contribution in [2.75, 3.05) is 11.4 Å². The summed E-state index contributed by atoms with van der Waals surface area (Å²) in [6.45, 7) is -0.824. The molecule has 3 aromatic rings. The van der Waals surface area contributed by atoms with Crippen LogP contribution in [0.5, 0.6) is 0 Å². The number of alkyl halides is 3. The van der Waals surface area contributed by atoms with Crippen LogP contribution in [0.3, 0.4) is 0 Å². The highest BCUT2D eigenvalue weighted by molar-refractivity contribution is 7.89. The molecule has 0 radical (unpaired) electrons. The molecule has 0 fully saturated rings. The van der Waals surface area contributed by atoms with Crippen LogP contribution in [-0.2, 0) is 34.1 Å². The quantitative estimate of drug-likeness (QED) is 0.507. The van der Waals surface area contributed by atoms with Crippen molar-refractivity contribution in [1.82, 2.24) is 4.31 Å². The number of halogens is 4. The molecule has 0 aliphatic carbocycles. The minimum atomic E-state index is -4.54. The van der Waals surface area contributed by atoms with Gasteiger partial charge in [0.25, 0.3) is 0 Å². The van der Waals surface area contributed by atoms with Crippen molar-refractivity contribution >= 4 is 33.2 Å². The van der Waals surface area contributed by atoms with Gasteiger partial charge in [-0.15, -0.1) is 0 Å². The first-order valence-electron chi connectivity index (χ1n) is 9.86. The smallest absolute Gasteiger partial charge is 0.305 e. The van der Waals surface area contributed by atoms with Gasteiger partial charge < -0.3 is 4.90 Å². The second kappa shape index (κ2) is 8.81. The van der Waals surface area contributed by atoms with Crippen LogP contribution in [-0.4, -0.2) is 25.2 Å². The van der Waals surface area contributed by atoms with Crippen LogP contribution >= 0.6 is 11.6 Å². The number of amides is 1. The molecule has 0 N–H and O–H groups in total. The van der Waals surface area contributed by atoms with Gasteiger partial charge in [0.15, 0.2) is 0 Å². The van der Waals surface area contributed by atoms with Crippen LogP contribution in [0.1, 0.15) is 16.7 Å². The number of nitrogens with zero attached hydrogens (tertiary/aromatic N) is 2. The van der Waals surface area contributed by atoms with E-state index in [1.807, 2.05) is 0 Å². The van der Waals surface area contributed by atoms with Crippen LogP contribution in [0.25, 0.3) is 0 Å². The third-order valence-corrected chi connectivity index (χ3v) is 7.49. The Morgan fingerprint density at radius 2 is 1.61 bits per heavy atom. The van der Waals surface area contributed by atoms with Crippen molar-refractivity contribution < 1.29 is 26.4 Å². The van der Waals surface area contributed by atoms with Crippen molar-refractivity contribution in [2.24, 2.45) is 0 Å². The highest BCUT2D eigenvalue weighted by Gasteiger charge is 2.37. The Kier molecular flexibility index (Phi) is 6.22. The molecule has 33 heavy (non-hydrogen) atoms. The Balaban J connectivity index is 1.74. The molecule has 0 unspecified atom stereocenters. The molecule has 1 aliphatic heterocycles. The number of carbonyl (C=O) groups excluding carboxylic acids is 1. The number of hydrogen-bond acceptors (Lipinski definition) is 3. The summed E-state index contributed by atoms with van der Waals surface area (Å²) in [6, 6.07) is 17.3. The van der Waals surface area contributed by atoms with E-state index in [0.717, 1.165) is 16.4 Å². The van der Waals surface area contributed by atoms with Crippen molar-refractivity contribution in [3.63, 3.8) is 0 Å². The van der Waals surface area contributed by atoms with Gasteiger partial charge in [0, 0.05) is 11.6 Å². The highest BCUT2D eigenvalue weighted by atomic mass is 35.5. The van der Waals surface area contributed by atoms with Crippen molar-refractivity contribution in [3.8, 4) is 0 Å². The van der Waals surface area contributed by atoms with Crippen LogP contribution in [0.2, 0.25) is 5.02 Å². The van der Waals surface area contributed by atoms with E-state index < -0.39 is 34.2 Å². The van der Waals surface area contributed by atoms with Gasteiger partial charge in [0.05, 0.1) is 24.3 Å². The Morgan fingerprint density at radius 3 is 2.33 bits per heavy atom. The van der Waals surface area contributed by atoms with E-state index in [2.05, 4.69) is 0 Å². The van der Waals surface area contributed by atoms with Crippen LogP contribution < -0.4 is 4.90 Å². The molecule has 0 saturated carbocycles. The minimum Gasteiger partial charge on any atom is -0.305 e. The van der Waals surface area contributed by atoms with Gasteiger partial charge in [-0.05, 0) is 41.5 Å². The van der Waals surface area contributed by atoms with Crippen molar-refractivity contribution in [1.29, 1.82) is 0 Å². The van der Waals surface area contributed by atoms with Gasteiger partial charge in [-0.2, -0.15) is 17.5 Å². The van der Waals surface area contributed by atoms with Gasteiger partial charge in [-0.3, -0.25) is 4.79 Å². The van der Waals surface area contributed by atoms with E-state index in [1.165, 1.54) is 35.2 Å². The lowest BCUT2D eigenvalue weighted by atomic mass is 10.1. The number of carbonyl (C=O) groups is 1. The third kappa shape index (κ3) is 4.75. The van der Waals surface area contributed by atoms with Gasteiger partial charge in [-0.1, -0.05) is 54.1 Å². The highest BCUT2D eigenvalue weighted by Crippen LogP contribution is 2.35. The summed E-state index contributed by atoms with van der Waals surface area (Å²) in [6.07, 6.45) is -4.54. The molecule has 0 aromatic heterocycles. The molecule has 5 nitrogen and oxygen atoms in total. The molecule has 0 spiro atoms. The first-order chi connectivity index (χ1) is 15.6. The lowest BCUT2D eigenvalue weighted by molar-refractivity contribution is -0.137. The predicted molar refractivity (Wildman–Crippen MR) is 118 cm³/mol.